The van der Waals surface area contributed by atoms with Gasteiger partial charge in [-0.25, -0.2) is 0 Å². The van der Waals surface area contributed by atoms with Gasteiger partial charge in [-0.3, -0.25) is 9.69 Å². The minimum Gasteiger partial charge on any atom is -0.405 e. The van der Waals surface area contributed by atoms with Crippen LogP contribution in [0.25, 0.3) is 0 Å². The van der Waals surface area contributed by atoms with Gasteiger partial charge in [0.1, 0.15) is 5.75 Å². The molecule has 0 unspecified atom stereocenters. The molecule has 0 saturated carbocycles. The van der Waals surface area contributed by atoms with Gasteiger partial charge in [0, 0.05) is 18.7 Å². The summed E-state index contributed by atoms with van der Waals surface area (Å²) in [6, 6.07) is 7.71. The first-order valence-electron chi connectivity index (χ1n) is 7.25. The molecule has 2 aromatic rings. The maximum Gasteiger partial charge on any atom is 0.573 e. The molecule has 1 amide bonds. The molecule has 9 heteroatoms. The first kappa shape index (κ1) is 19.7. The maximum atomic E-state index is 12.4. The number of ether oxygens (including phenoxy) is 1. The zero-order chi connectivity index (χ0) is 18.4. The van der Waals surface area contributed by atoms with E-state index in [1.54, 1.807) is 24.5 Å². The number of carbonyl (C=O) groups is 1. The molecule has 1 N–H and O–H groups in total. The van der Waals surface area contributed by atoms with Crippen molar-refractivity contribution in [3.8, 4) is 5.75 Å². The Kier molecular flexibility index (Phi) is 6.86. The fourth-order valence-corrected chi connectivity index (χ4v) is 3.37. The lowest BCUT2D eigenvalue weighted by Crippen LogP contribution is -2.34. The van der Waals surface area contributed by atoms with Gasteiger partial charge in [-0.05, 0) is 46.1 Å². The third kappa shape index (κ3) is 7.05. The van der Waals surface area contributed by atoms with Crippen LogP contribution >= 0.6 is 27.3 Å². The van der Waals surface area contributed by atoms with E-state index < -0.39 is 6.36 Å². The molecule has 4 nitrogen and oxygen atoms in total. The van der Waals surface area contributed by atoms with E-state index in [1.807, 2.05) is 16.3 Å². The van der Waals surface area contributed by atoms with Crippen LogP contribution in [0.1, 0.15) is 11.1 Å². The number of hydrogen-bond acceptors (Lipinski definition) is 4. The number of alkyl halides is 3. The average molecular weight is 437 g/mol. The number of nitrogens with one attached hydrogen (secondary N) is 1. The van der Waals surface area contributed by atoms with Crippen LogP contribution in [-0.2, 0) is 17.9 Å². The second-order valence-corrected chi connectivity index (χ2v) is 7.65. The van der Waals surface area contributed by atoms with E-state index in [9.17, 15) is 18.0 Å². The Morgan fingerprint density at radius 3 is 2.72 bits per heavy atom. The summed E-state index contributed by atoms with van der Waals surface area (Å²) in [5.74, 6) is -0.592. The van der Waals surface area contributed by atoms with Crippen molar-refractivity contribution in [2.24, 2.45) is 0 Å². The highest BCUT2D eigenvalue weighted by molar-refractivity contribution is 9.11. The zero-order valence-corrected chi connectivity index (χ0v) is 15.7. The van der Waals surface area contributed by atoms with Gasteiger partial charge in [0.2, 0.25) is 5.91 Å². The maximum absolute atomic E-state index is 12.4. The third-order valence-electron chi connectivity index (χ3n) is 3.16. The van der Waals surface area contributed by atoms with Gasteiger partial charge in [-0.15, -0.1) is 24.5 Å². The molecule has 1 heterocycles. The van der Waals surface area contributed by atoms with Crippen LogP contribution in [-0.4, -0.2) is 30.8 Å². The van der Waals surface area contributed by atoms with Crippen molar-refractivity contribution >= 4 is 33.2 Å². The van der Waals surface area contributed by atoms with Gasteiger partial charge >= 0.3 is 6.36 Å². The summed E-state index contributed by atoms with van der Waals surface area (Å²) in [5.41, 5.74) is 1.34. The molecule has 0 bridgehead atoms. The molecule has 136 valence electrons. The van der Waals surface area contributed by atoms with E-state index in [4.69, 9.17) is 0 Å². The Labute approximate surface area is 155 Å². The Morgan fingerprint density at radius 1 is 1.36 bits per heavy atom. The highest BCUT2D eigenvalue weighted by Crippen LogP contribution is 2.26. The number of likely N-dealkylation sites (N-methyl/N-ethyl adjacent to an activating group) is 1. The molecule has 1 aromatic carbocycles. The number of para-hydroxylation sites is 1. The monoisotopic (exact) mass is 436 g/mol. The van der Waals surface area contributed by atoms with E-state index in [-0.39, 0.29) is 30.3 Å². The number of thiophene rings is 1. The molecule has 0 atom stereocenters. The van der Waals surface area contributed by atoms with E-state index in [0.29, 0.717) is 6.54 Å². The van der Waals surface area contributed by atoms with Gasteiger partial charge in [-0.1, -0.05) is 18.2 Å². The average Bonchev–Trinajstić information content (AvgIpc) is 2.89. The zero-order valence-electron chi connectivity index (χ0n) is 13.3. The number of nitrogens with zero attached hydrogens (tertiary/aromatic N) is 1. The summed E-state index contributed by atoms with van der Waals surface area (Å²) in [4.78, 5) is 13.8. The molecule has 0 aliphatic rings. The van der Waals surface area contributed by atoms with Gasteiger partial charge in [0.15, 0.2) is 0 Å². The van der Waals surface area contributed by atoms with Crippen molar-refractivity contribution in [2.75, 3.05) is 13.6 Å². The molecule has 0 saturated heterocycles. The molecular weight excluding hydrogens is 421 g/mol. The normalized spacial score (nSPS) is 11.6. The first-order chi connectivity index (χ1) is 11.7. The predicted octanol–water partition coefficient (Wildman–Crippen LogP) is 4.16. The lowest BCUT2D eigenvalue weighted by atomic mass is 10.2. The van der Waals surface area contributed by atoms with Crippen molar-refractivity contribution in [1.29, 1.82) is 0 Å². The Hall–Kier alpha value is -1.58. The topological polar surface area (TPSA) is 41.6 Å². The summed E-state index contributed by atoms with van der Waals surface area (Å²) in [6.45, 7) is 0.696. The number of hydrogen-bond donors (Lipinski definition) is 1. The largest absolute Gasteiger partial charge is 0.573 e. The predicted molar refractivity (Wildman–Crippen MR) is 93.3 cm³/mol. The molecular formula is C16H16BrF3N2O2S. The van der Waals surface area contributed by atoms with Gasteiger partial charge in [0.05, 0.1) is 10.3 Å². The summed E-state index contributed by atoms with van der Waals surface area (Å²) in [5, 5.41) is 4.60. The van der Waals surface area contributed by atoms with E-state index in [2.05, 4.69) is 26.0 Å². The Morgan fingerprint density at radius 2 is 2.08 bits per heavy atom. The molecule has 2 rings (SSSR count). The number of amides is 1. The van der Waals surface area contributed by atoms with Crippen LogP contribution in [0.3, 0.4) is 0 Å². The molecule has 0 radical (unpaired) electrons. The summed E-state index contributed by atoms with van der Waals surface area (Å²) in [6.07, 6.45) is -4.77. The van der Waals surface area contributed by atoms with E-state index in [1.165, 1.54) is 18.2 Å². The van der Waals surface area contributed by atoms with Crippen LogP contribution in [0.5, 0.6) is 5.75 Å². The highest BCUT2D eigenvalue weighted by atomic mass is 79.9. The SMILES string of the molecule is CN(CC(=O)NCc1ccccc1OC(F)(F)F)Cc1csc(Br)c1. The van der Waals surface area contributed by atoms with E-state index in [0.717, 1.165) is 9.35 Å². The highest BCUT2D eigenvalue weighted by Gasteiger charge is 2.31. The molecule has 1 aromatic heterocycles. The third-order valence-corrected chi connectivity index (χ3v) is 4.72. The first-order valence-corrected chi connectivity index (χ1v) is 8.92. The number of rotatable bonds is 7. The summed E-state index contributed by atoms with van der Waals surface area (Å²) >= 11 is 4.94. The number of halogens is 4. The van der Waals surface area contributed by atoms with Crippen LogP contribution in [0, 0.1) is 0 Å². The second kappa shape index (κ2) is 8.68. The van der Waals surface area contributed by atoms with Crippen LogP contribution < -0.4 is 10.1 Å². The van der Waals surface area contributed by atoms with Crippen molar-refractivity contribution in [3.63, 3.8) is 0 Å². The van der Waals surface area contributed by atoms with Gasteiger partial charge in [0.25, 0.3) is 0 Å². The van der Waals surface area contributed by atoms with Crippen molar-refractivity contribution in [1.82, 2.24) is 10.2 Å². The lowest BCUT2D eigenvalue weighted by molar-refractivity contribution is -0.274. The van der Waals surface area contributed by atoms with Crippen molar-refractivity contribution in [2.45, 2.75) is 19.5 Å². The van der Waals surface area contributed by atoms with Crippen molar-refractivity contribution in [3.05, 3.63) is 50.6 Å². The molecule has 25 heavy (non-hydrogen) atoms. The van der Waals surface area contributed by atoms with Crippen LogP contribution in [0.15, 0.2) is 39.5 Å². The molecule has 0 spiro atoms. The van der Waals surface area contributed by atoms with Crippen LogP contribution in [0.4, 0.5) is 13.2 Å². The Bertz CT molecular complexity index is 721. The number of benzene rings is 1. The fourth-order valence-electron chi connectivity index (χ4n) is 2.17. The lowest BCUT2D eigenvalue weighted by Gasteiger charge is -2.16. The summed E-state index contributed by atoms with van der Waals surface area (Å²) < 4.78 is 42.1. The molecule has 0 aliphatic heterocycles. The number of carbonyl (C=O) groups excluding carboxylic acids is 1. The van der Waals surface area contributed by atoms with Crippen LogP contribution in [0.2, 0.25) is 0 Å². The molecule has 0 fully saturated rings. The smallest absolute Gasteiger partial charge is 0.405 e. The quantitative estimate of drug-likeness (QED) is 0.708. The van der Waals surface area contributed by atoms with Gasteiger partial charge < -0.3 is 10.1 Å². The van der Waals surface area contributed by atoms with Crippen molar-refractivity contribution < 1.29 is 22.7 Å². The second-order valence-electron chi connectivity index (χ2n) is 5.36. The minimum absolute atomic E-state index is 0.0388. The standard InChI is InChI=1S/C16H16BrF3N2O2S/c1-22(8-11-6-14(17)25-10-11)9-15(23)21-7-12-4-2-3-5-13(12)24-16(18,19)20/h2-6,10H,7-9H2,1H3,(H,21,23). The molecule has 0 aliphatic carbocycles. The summed E-state index contributed by atoms with van der Waals surface area (Å²) in [7, 11) is 1.80. The Balaban J connectivity index is 1.85. The fraction of sp³-hybridized carbons (Fsp3) is 0.312. The minimum atomic E-state index is -4.77. The van der Waals surface area contributed by atoms with Gasteiger partial charge in [-0.2, -0.15) is 0 Å². The van der Waals surface area contributed by atoms with E-state index >= 15 is 0 Å².